The fourth-order valence-corrected chi connectivity index (χ4v) is 2.07. The van der Waals surface area contributed by atoms with Crippen molar-refractivity contribution < 1.29 is 38.3 Å². The number of aryl methyl sites for hydroxylation is 1. The first-order valence-electron chi connectivity index (χ1n) is 6.42. The van der Waals surface area contributed by atoms with E-state index in [-0.39, 0.29) is 5.70 Å². The molecule has 0 aliphatic carbocycles. The summed E-state index contributed by atoms with van der Waals surface area (Å²) in [5, 5.41) is 11.9. The Kier molecular flexibility index (Phi) is 4.49. The van der Waals surface area contributed by atoms with Gasteiger partial charge in [-0.3, -0.25) is 0 Å². The number of nitrogens with zero attached hydrogens (tertiary/aromatic N) is 2. The predicted octanol–water partition coefficient (Wildman–Crippen LogP) is -1.96. The number of rotatable bonds is 4. The number of imidazole rings is 1. The molecule has 0 saturated heterocycles. The van der Waals surface area contributed by atoms with Gasteiger partial charge in [-0.1, -0.05) is 5.76 Å². The van der Waals surface area contributed by atoms with Crippen molar-refractivity contribution in [3.63, 3.8) is 0 Å². The molecule has 9 heteroatoms. The van der Waals surface area contributed by atoms with Crippen molar-refractivity contribution in [3.05, 3.63) is 35.6 Å². The average molecular weight is 322 g/mol. The molecule has 2 heterocycles. The molecule has 0 unspecified atom stereocenters. The van der Waals surface area contributed by atoms with Crippen molar-refractivity contribution in [1.82, 2.24) is 4.57 Å². The van der Waals surface area contributed by atoms with Crippen LogP contribution in [-0.2, 0) is 35.6 Å². The number of hydrogen-bond acceptors (Lipinski definition) is 7. The molecule has 23 heavy (non-hydrogen) atoms. The molecular formula is C14H14N2O7. The van der Waals surface area contributed by atoms with Gasteiger partial charge in [0, 0.05) is 0 Å². The van der Waals surface area contributed by atoms with Gasteiger partial charge in [0.05, 0.1) is 26.8 Å². The number of esters is 3. The van der Waals surface area contributed by atoms with Crippen molar-refractivity contribution in [1.29, 1.82) is 0 Å². The standard InChI is InChI=1S/C14H14N2O7/c1-15-4-5-16(7-15)11(14(20)22-3)10(12(18)21-2)9-8(17)6-23-13(9)19/h4-5,7H,6H2,1-3H3. The van der Waals surface area contributed by atoms with Gasteiger partial charge in [0.15, 0.2) is 0 Å². The normalized spacial score (nSPS) is 15.2. The molecule has 0 N–H and O–H groups in total. The Morgan fingerprint density at radius 1 is 1.30 bits per heavy atom. The molecule has 0 saturated carbocycles. The molecule has 0 bridgehead atoms. The van der Waals surface area contributed by atoms with Gasteiger partial charge in [-0.15, -0.1) is 0 Å². The summed E-state index contributed by atoms with van der Waals surface area (Å²) in [5.74, 6) is -3.65. The molecule has 1 aliphatic heterocycles. The predicted molar refractivity (Wildman–Crippen MR) is 70.8 cm³/mol. The summed E-state index contributed by atoms with van der Waals surface area (Å²) >= 11 is 0. The first-order chi connectivity index (χ1) is 10.9. The van der Waals surface area contributed by atoms with Crippen LogP contribution < -0.4 is 9.67 Å². The summed E-state index contributed by atoms with van der Waals surface area (Å²) in [6.07, 6.45) is 4.51. The fourth-order valence-electron chi connectivity index (χ4n) is 2.07. The van der Waals surface area contributed by atoms with Crippen LogP contribution in [0.15, 0.2) is 35.6 Å². The third-order valence-electron chi connectivity index (χ3n) is 3.10. The van der Waals surface area contributed by atoms with E-state index in [0.29, 0.717) is 0 Å². The van der Waals surface area contributed by atoms with Gasteiger partial charge in [-0.05, 0) is 0 Å². The third kappa shape index (κ3) is 2.93. The summed E-state index contributed by atoms with van der Waals surface area (Å²) < 4.78 is 16.8. The molecule has 1 aromatic rings. The van der Waals surface area contributed by atoms with Crippen LogP contribution in [0.5, 0.6) is 0 Å². The second-order valence-corrected chi connectivity index (χ2v) is 4.57. The zero-order valence-corrected chi connectivity index (χ0v) is 12.7. The zero-order valence-electron chi connectivity index (χ0n) is 12.7. The zero-order chi connectivity index (χ0) is 17.1. The third-order valence-corrected chi connectivity index (χ3v) is 3.10. The molecule has 1 aromatic heterocycles. The lowest BCUT2D eigenvalue weighted by Gasteiger charge is -2.12. The molecule has 1 aliphatic rings. The topological polar surface area (TPSA) is 111 Å². The van der Waals surface area contributed by atoms with Gasteiger partial charge < -0.3 is 19.3 Å². The maximum Gasteiger partial charge on any atom is 0.379 e. The number of ether oxygens (including phenoxy) is 3. The highest BCUT2D eigenvalue weighted by Gasteiger charge is 2.36. The Balaban J connectivity index is 2.80. The SMILES string of the molecule is COC(=O)/C(C1=C([O-])COC1=O)=C(/C(=O)OC)n1cc[n+](C)c1. The summed E-state index contributed by atoms with van der Waals surface area (Å²) in [4.78, 5) is 36.1. The Morgan fingerprint density at radius 3 is 2.39 bits per heavy atom. The van der Waals surface area contributed by atoms with Crippen LogP contribution in [0.4, 0.5) is 0 Å². The molecule has 9 nitrogen and oxygen atoms in total. The summed E-state index contributed by atoms with van der Waals surface area (Å²) in [6, 6.07) is 0. The minimum atomic E-state index is -1.02. The molecule has 0 aromatic carbocycles. The minimum Gasteiger partial charge on any atom is -0.873 e. The van der Waals surface area contributed by atoms with E-state index in [1.54, 1.807) is 17.8 Å². The Hall–Kier alpha value is -3.10. The van der Waals surface area contributed by atoms with Crippen molar-refractivity contribution in [3.8, 4) is 0 Å². The molecule has 0 fully saturated rings. The smallest absolute Gasteiger partial charge is 0.379 e. The van der Waals surface area contributed by atoms with Crippen molar-refractivity contribution in [2.24, 2.45) is 7.05 Å². The minimum absolute atomic E-state index is 0.317. The van der Waals surface area contributed by atoms with Crippen LogP contribution in [0.3, 0.4) is 0 Å². The van der Waals surface area contributed by atoms with Gasteiger partial charge in [0.25, 0.3) is 0 Å². The first kappa shape index (κ1) is 16.3. The van der Waals surface area contributed by atoms with Gasteiger partial charge in [-0.2, -0.15) is 4.57 Å². The van der Waals surface area contributed by atoms with Crippen LogP contribution in [0.2, 0.25) is 0 Å². The van der Waals surface area contributed by atoms with E-state index in [4.69, 9.17) is 0 Å². The van der Waals surface area contributed by atoms with Gasteiger partial charge in [0.1, 0.15) is 24.6 Å². The van der Waals surface area contributed by atoms with Crippen LogP contribution in [0.25, 0.3) is 5.70 Å². The van der Waals surface area contributed by atoms with E-state index < -0.39 is 41.4 Å². The van der Waals surface area contributed by atoms with E-state index in [1.807, 2.05) is 0 Å². The summed E-state index contributed by atoms with van der Waals surface area (Å²) in [5.41, 5.74) is -1.35. The van der Waals surface area contributed by atoms with Gasteiger partial charge in [0.2, 0.25) is 12.0 Å². The Morgan fingerprint density at radius 2 is 1.96 bits per heavy atom. The number of carbonyl (C=O) groups is 3. The molecule has 0 radical (unpaired) electrons. The van der Waals surface area contributed by atoms with E-state index in [9.17, 15) is 19.5 Å². The quantitative estimate of drug-likeness (QED) is 0.274. The average Bonchev–Trinajstić information content (AvgIpc) is 3.10. The molecule has 2 rings (SSSR count). The fraction of sp³-hybridized carbons (Fsp3) is 0.286. The van der Waals surface area contributed by atoms with Crippen LogP contribution in [-0.4, -0.2) is 43.3 Å². The molecule has 122 valence electrons. The number of cyclic esters (lactones) is 1. The lowest BCUT2D eigenvalue weighted by Crippen LogP contribution is -2.26. The van der Waals surface area contributed by atoms with E-state index >= 15 is 0 Å². The van der Waals surface area contributed by atoms with Crippen molar-refractivity contribution in [2.75, 3.05) is 20.8 Å². The number of aromatic nitrogens is 2. The summed E-state index contributed by atoms with van der Waals surface area (Å²) in [6.45, 7) is -0.497. The largest absolute Gasteiger partial charge is 0.873 e. The molecule has 0 amide bonds. The van der Waals surface area contributed by atoms with Crippen molar-refractivity contribution in [2.45, 2.75) is 0 Å². The lowest BCUT2D eigenvalue weighted by molar-refractivity contribution is -0.670. The van der Waals surface area contributed by atoms with Gasteiger partial charge in [-0.25, -0.2) is 19.0 Å². The second-order valence-electron chi connectivity index (χ2n) is 4.57. The first-order valence-corrected chi connectivity index (χ1v) is 6.42. The van der Waals surface area contributed by atoms with E-state index in [1.165, 1.54) is 17.1 Å². The van der Waals surface area contributed by atoms with Crippen LogP contribution in [0, 0.1) is 0 Å². The highest BCUT2D eigenvalue weighted by atomic mass is 16.6. The number of hydrogen-bond donors (Lipinski definition) is 0. The van der Waals surface area contributed by atoms with Crippen molar-refractivity contribution >= 4 is 23.6 Å². The Bertz CT molecular complexity index is 742. The van der Waals surface area contributed by atoms with Crippen LogP contribution >= 0.6 is 0 Å². The summed E-state index contributed by atoms with van der Waals surface area (Å²) in [7, 11) is 3.86. The molecular weight excluding hydrogens is 308 g/mol. The Labute approximate surface area is 131 Å². The maximum absolute atomic E-state index is 12.2. The number of carbonyl (C=O) groups excluding carboxylic acids is 3. The second kappa shape index (κ2) is 6.34. The number of methoxy groups -OCH3 is 2. The lowest BCUT2D eigenvalue weighted by atomic mass is 10.0. The maximum atomic E-state index is 12.2. The highest BCUT2D eigenvalue weighted by Crippen LogP contribution is 2.27. The van der Waals surface area contributed by atoms with E-state index in [2.05, 4.69) is 14.2 Å². The monoisotopic (exact) mass is 322 g/mol. The van der Waals surface area contributed by atoms with Crippen LogP contribution in [0.1, 0.15) is 0 Å². The molecule has 0 spiro atoms. The van der Waals surface area contributed by atoms with E-state index in [0.717, 1.165) is 14.2 Å². The highest BCUT2D eigenvalue weighted by molar-refractivity contribution is 6.23. The molecule has 0 atom stereocenters. The van der Waals surface area contributed by atoms with Gasteiger partial charge >= 0.3 is 17.9 Å².